The van der Waals surface area contributed by atoms with Crippen molar-refractivity contribution >= 4 is 5.69 Å². The molecule has 1 N–H and O–H groups in total. The number of nitrogens with one attached hydrogen (secondary N) is 1. The Morgan fingerprint density at radius 1 is 1.10 bits per heavy atom. The summed E-state index contributed by atoms with van der Waals surface area (Å²) >= 11 is 0. The molecule has 0 bridgehead atoms. The van der Waals surface area contributed by atoms with Gasteiger partial charge in [-0.05, 0) is 48.2 Å². The van der Waals surface area contributed by atoms with Crippen molar-refractivity contribution in [1.29, 1.82) is 0 Å². The number of anilines is 1. The Hall–Kier alpha value is -2.17. The molecule has 110 valence electrons. The zero-order valence-electron chi connectivity index (χ0n) is 11.4. The number of alkyl halides is 3. The molecule has 0 saturated heterocycles. The van der Waals surface area contributed by atoms with Gasteiger partial charge in [0.1, 0.15) is 5.75 Å². The zero-order valence-corrected chi connectivity index (χ0v) is 11.4. The van der Waals surface area contributed by atoms with E-state index in [-0.39, 0.29) is 11.8 Å². The van der Waals surface area contributed by atoms with Gasteiger partial charge in [0, 0.05) is 5.69 Å². The second kappa shape index (κ2) is 4.98. The summed E-state index contributed by atoms with van der Waals surface area (Å²) in [6.45, 7) is 2.06. The van der Waals surface area contributed by atoms with Gasteiger partial charge >= 0.3 is 6.36 Å². The van der Waals surface area contributed by atoms with E-state index < -0.39 is 6.36 Å². The molecule has 0 aromatic heterocycles. The van der Waals surface area contributed by atoms with Gasteiger partial charge in [0.15, 0.2) is 0 Å². The van der Waals surface area contributed by atoms with Gasteiger partial charge < -0.3 is 10.1 Å². The third-order valence-electron chi connectivity index (χ3n) is 3.66. The van der Waals surface area contributed by atoms with Crippen LogP contribution in [0.2, 0.25) is 0 Å². The van der Waals surface area contributed by atoms with Crippen LogP contribution in [0.25, 0.3) is 0 Å². The minimum absolute atomic E-state index is 0.0843. The summed E-state index contributed by atoms with van der Waals surface area (Å²) in [6, 6.07) is 12.2. The third-order valence-corrected chi connectivity index (χ3v) is 3.66. The fraction of sp³-hybridized carbons (Fsp3) is 0.250. The fourth-order valence-corrected chi connectivity index (χ4v) is 2.65. The molecule has 21 heavy (non-hydrogen) atoms. The molecule has 2 aromatic rings. The zero-order chi connectivity index (χ0) is 15.0. The van der Waals surface area contributed by atoms with Gasteiger partial charge in [-0.25, -0.2) is 0 Å². The normalized spacial score (nSPS) is 17.2. The lowest BCUT2D eigenvalue weighted by Crippen LogP contribution is -2.17. The van der Waals surface area contributed by atoms with Gasteiger partial charge in [0.05, 0.1) is 6.04 Å². The molecule has 5 heteroatoms. The summed E-state index contributed by atoms with van der Waals surface area (Å²) in [4.78, 5) is 0. The van der Waals surface area contributed by atoms with E-state index in [4.69, 9.17) is 0 Å². The molecular weight excluding hydrogens is 279 g/mol. The minimum Gasteiger partial charge on any atom is -0.406 e. The lowest BCUT2D eigenvalue weighted by Gasteiger charge is -2.13. The Kier molecular flexibility index (Phi) is 3.27. The maximum Gasteiger partial charge on any atom is 0.573 e. The van der Waals surface area contributed by atoms with E-state index in [1.54, 1.807) is 12.1 Å². The number of rotatable bonds is 2. The Bertz CT molecular complexity index is 650. The molecule has 2 nitrogen and oxygen atoms in total. The van der Waals surface area contributed by atoms with Crippen LogP contribution in [0.4, 0.5) is 18.9 Å². The van der Waals surface area contributed by atoms with Crippen molar-refractivity contribution < 1.29 is 17.9 Å². The van der Waals surface area contributed by atoms with E-state index in [9.17, 15) is 13.2 Å². The standard InChI is InChI=1S/C16H14F3NO/c1-10-3-2-4-14-13(10)9-15(20-14)11-5-7-12(8-6-11)21-16(17,18)19/h2-8,15,20H,9H2,1H3. The van der Waals surface area contributed by atoms with Crippen LogP contribution in [0, 0.1) is 6.92 Å². The minimum atomic E-state index is -4.65. The predicted molar refractivity (Wildman–Crippen MR) is 74.4 cm³/mol. The van der Waals surface area contributed by atoms with Crippen LogP contribution in [0.15, 0.2) is 42.5 Å². The van der Waals surface area contributed by atoms with Crippen molar-refractivity contribution in [2.75, 3.05) is 5.32 Å². The van der Waals surface area contributed by atoms with Crippen molar-refractivity contribution in [1.82, 2.24) is 0 Å². The highest BCUT2D eigenvalue weighted by atomic mass is 19.4. The number of halogens is 3. The molecule has 3 rings (SSSR count). The molecule has 2 aromatic carbocycles. The molecule has 0 radical (unpaired) electrons. The Balaban J connectivity index is 1.76. The van der Waals surface area contributed by atoms with Crippen molar-refractivity contribution in [2.45, 2.75) is 25.7 Å². The van der Waals surface area contributed by atoms with Crippen LogP contribution >= 0.6 is 0 Å². The highest BCUT2D eigenvalue weighted by Crippen LogP contribution is 2.36. The molecule has 1 unspecified atom stereocenters. The third kappa shape index (κ3) is 2.96. The molecule has 1 atom stereocenters. The molecule has 0 amide bonds. The van der Waals surface area contributed by atoms with Crippen molar-refractivity contribution in [3.8, 4) is 5.75 Å². The number of ether oxygens (including phenoxy) is 1. The smallest absolute Gasteiger partial charge is 0.406 e. The second-order valence-corrected chi connectivity index (χ2v) is 5.12. The number of aryl methyl sites for hydroxylation is 1. The van der Waals surface area contributed by atoms with Crippen LogP contribution in [0.3, 0.4) is 0 Å². The van der Waals surface area contributed by atoms with Crippen molar-refractivity contribution in [3.63, 3.8) is 0 Å². The molecule has 0 spiro atoms. The maximum atomic E-state index is 12.1. The first-order valence-electron chi connectivity index (χ1n) is 6.63. The predicted octanol–water partition coefficient (Wildman–Crippen LogP) is 4.60. The lowest BCUT2D eigenvalue weighted by atomic mass is 10.00. The molecule has 1 heterocycles. The number of hydrogen-bond acceptors (Lipinski definition) is 2. The monoisotopic (exact) mass is 293 g/mol. The SMILES string of the molecule is Cc1cccc2c1CC(c1ccc(OC(F)(F)F)cc1)N2. The first-order valence-corrected chi connectivity index (χ1v) is 6.63. The summed E-state index contributed by atoms with van der Waals surface area (Å²) in [6.07, 6.45) is -3.82. The number of benzene rings is 2. The molecule has 0 saturated carbocycles. The quantitative estimate of drug-likeness (QED) is 0.873. The van der Waals surface area contributed by atoms with E-state index in [0.717, 1.165) is 17.7 Å². The molecule has 0 aliphatic carbocycles. The van der Waals surface area contributed by atoms with E-state index >= 15 is 0 Å². The largest absolute Gasteiger partial charge is 0.573 e. The van der Waals surface area contributed by atoms with Crippen LogP contribution in [0.5, 0.6) is 5.75 Å². The van der Waals surface area contributed by atoms with Crippen molar-refractivity contribution in [2.24, 2.45) is 0 Å². The van der Waals surface area contributed by atoms with Gasteiger partial charge in [-0.15, -0.1) is 13.2 Å². The summed E-state index contributed by atoms with van der Waals surface area (Å²) in [5.74, 6) is -0.196. The van der Waals surface area contributed by atoms with Gasteiger partial charge in [0.25, 0.3) is 0 Å². The van der Waals surface area contributed by atoms with Gasteiger partial charge in [-0.3, -0.25) is 0 Å². The van der Waals surface area contributed by atoms with Gasteiger partial charge in [-0.2, -0.15) is 0 Å². The van der Waals surface area contributed by atoms with Crippen LogP contribution in [-0.2, 0) is 6.42 Å². The van der Waals surface area contributed by atoms with Crippen LogP contribution < -0.4 is 10.1 Å². The van der Waals surface area contributed by atoms with Gasteiger partial charge in [-0.1, -0.05) is 24.3 Å². The van der Waals surface area contributed by atoms with E-state index in [1.807, 2.05) is 12.1 Å². The highest BCUT2D eigenvalue weighted by molar-refractivity contribution is 5.60. The number of hydrogen-bond donors (Lipinski definition) is 1. The Morgan fingerprint density at radius 3 is 2.43 bits per heavy atom. The van der Waals surface area contributed by atoms with E-state index in [0.29, 0.717) is 0 Å². The van der Waals surface area contributed by atoms with E-state index in [2.05, 4.69) is 23.0 Å². The average Bonchev–Trinajstić information content (AvgIpc) is 2.83. The van der Waals surface area contributed by atoms with E-state index in [1.165, 1.54) is 23.3 Å². The summed E-state index contributed by atoms with van der Waals surface area (Å²) in [5, 5.41) is 3.40. The average molecular weight is 293 g/mol. The molecule has 0 fully saturated rings. The highest BCUT2D eigenvalue weighted by Gasteiger charge is 2.31. The Labute approximate surface area is 120 Å². The first kappa shape index (κ1) is 13.8. The summed E-state index contributed by atoms with van der Waals surface area (Å²) < 4.78 is 40.3. The second-order valence-electron chi connectivity index (χ2n) is 5.12. The molecule has 1 aliphatic rings. The van der Waals surface area contributed by atoms with Crippen LogP contribution in [-0.4, -0.2) is 6.36 Å². The summed E-state index contributed by atoms with van der Waals surface area (Å²) in [5.41, 5.74) is 4.52. The molecular formula is C16H14F3NO. The van der Waals surface area contributed by atoms with Crippen LogP contribution in [0.1, 0.15) is 22.7 Å². The number of fused-ring (bicyclic) bond motifs is 1. The Morgan fingerprint density at radius 2 is 1.81 bits per heavy atom. The fourth-order valence-electron chi connectivity index (χ4n) is 2.65. The first-order chi connectivity index (χ1) is 9.92. The molecule has 1 aliphatic heterocycles. The maximum absolute atomic E-state index is 12.1. The lowest BCUT2D eigenvalue weighted by molar-refractivity contribution is -0.274. The topological polar surface area (TPSA) is 21.3 Å². The van der Waals surface area contributed by atoms with Crippen molar-refractivity contribution in [3.05, 3.63) is 59.2 Å². The van der Waals surface area contributed by atoms with Gasteiger partial charge in [0.2, 0.25) is 0 Å². The summed E-state index contributed by atoms with van der Waals surface area (Å²) in [7, 11) is 0.